The molecule has 116 valence electrons. The van der Waals surface area contributed by atoms with Gasteiger partial charge in [-0.25, -0.2) is 0 Å². The Morgan fingerprint density at radius 2 is 0.842 bits per heavy atom. The molecule has 0 bridgehead atoms. The minimum Gasteiger partial charge on any atom is -0.196 e. The van der Waals surface area contributed by atoms with Crippen LogP contribution in [0.3, 0.4) is 0 Å². The van der Waals surface area contributed by atoms with Crippen molar-refractivity contribution in [1.29, 1.82) is 0 Å². The van der Waals surface area contributed by atoms with Crippen LogP contribution in [-0.2, 0) is 0 Å². The Labute approximate surface area is 107 Å². The first-order valence-corrected chi connectivity index (χ1v) is 4.68. The van der Waals surface area contributed by atoms with Crippen molar-refractivity contribution in [1.82, 2.24) is 0 Å². The molecule has 0 aliphatic heterocycles. The van der Waals surface area contributed by atoms with Gasteiger partial charge < -0.3 is 0 Å². The van der Waals surface area contributed by atoms with Crippen molar-refractivity contribution in [2.75, 3.05) is 0 Å². The monoisotopic (exact) mass is 352 g/mol. The number of alkyl halides is 13. The Morgan fingerprint density at radius 3 is 1.05 bits per heavy atom. The van der Waals surface area contributed by atoms with Gasteiger partial charge in [0.05, 0.1) is 0 Å². The Hall–Kier alpha value is -0.190. The second kappa shape index (κ2) is 4.68. The summed E-state index contributed by atoms with van der Waals surface area (Å²) >= 11 is 8.40. The maximum atomic E-state index is 12.6. The minimum absolute atomic E-state index is 3.64. The molecule has 0 nitrogen and oxygen atoms in total. The minimum atomic E-state index is -7.47. The summed E-state index contributed by atoms with van der Waals surface area (Å²) in [5.41, 5.74) is 0. The lowest BCUT2D eigenvalue weighted by atomic mass is 9.99. The fourth-order valence-corrected chi connectivity index (χ4v) is 0.996. The van der Waals surface area contributed by atoms with Gasteiger partial charge in [0.25, 0.3) is 0 Å². The summed E-state index contributed by atoms with van der Waals surface area (Å²) in [7, 11) is 0. The number of hydrogen-bond acceptors (Lipinski definition) is 0. The topological polar surface area (TPSA) is 0 Å². The molecule has 13 heteroatoms. The zero-order chi connectivity index (χ0) is 16.1. The van der Waals surface area contributed by atoms with E-state index in [9.17, 15) is 48.3 Å². The van der Waals surface area contributed by atoms with E-state index in [1.54, 1.807) is 0 Å². The molecule has 0 saturated carbocycles. The first-order chi connectivity index (χ1) is 7.94. The van der Waals surface area contributed by atoms with E-state index in [2.05, 4.69) is 23.2 Å². The van der Waals surface area contributed by atoms with E-state index in [1.807, 2.05) is 0 Å². The second-order valence-corrected chi connectivity index (χ2v) is 4.24. The van der Waals surface area contributed by atoms with Crippen LogP contribution < -0.4 is 0 Å². The first-order valence-electron chi connectivity index (χ1n) is 3.80. The molecule has 0 fully saturated rings. The summed E-state index contributed by atoms with van der Waals surface area (Å²) in [6.45, 7) is 0. The molecule has 0 aliphatic rings. The molecule has 0 N–H and O–H groups in total. The molecule has 0 aliphatic carbocycles. The highest BCUT2D eigenvalue weighted by atomic mass is 35.5. The molecular weight excluding hydrogens is 352 g/mol. The molecule has 0 atom stereocenters. The van der Waals surface area contributed by atoms with Crippen LogP contribution in [-0.4, -0.2) is 34.7 Å². The van der Waals surface area contributed by atoms with Gasteiger partial charge in [-0.3, -0.25) is 0 Å². The van der Waals surface area contributed by atoms with Gasteiger partial charge in [-0.2, -0.15) is 48.3 Å². The summed E-state index contributed by atoms with van der Waals surface area (Å²) in [5, 5.41) is 0. The Morgan fingerprint density at radius 1 is 0.526 bits per heavy atom. The molecule has 19 heavy (non-hydrogen) atoms. The number of rotatable bonds is 4. The third kappa shape index (κ3) is 2.55. The van der Waals surface area contributed by atoms with E-state index in [-0.39, 0.29) is 0 Å². The summed E-state index contributed by atoms with van der Waals surface area (Å²) in [5.74, 6) is -28.3. The standard InChI is InChI=1S/C6HCl2F11/c7-1(8)2(9,10)3(11,12)4(13,14)5(15,16)6(17,18)19/h1H. The zero-order valence-electron chi connectivity index (χ0n) is 7.99. The van der Waals surface area contributed by atoms with E-state index in [1.165, 1.54) is 0 Å². The van der Waals surface area contributed by atoms with Crippen molar-refractivity contribution in [2.45, 2.75) is 34.7 Å². The molecule has 0 rings (SSSR count). The largest absolute Gasteiger partial charge is 0.460 e. The molecule has 0 unspecified atom stereocenters. The summed E-state index contributed by atoms with van der Waals surface area (Å²) in [4.78, 5) is -3.64. The highest BCUT2D eigenvalue weighted by Gasteiger charge is 2.87. The van der Waals surface area contributed by atoms with Crippen LogP contribution >= 0.6 is 23.2 Å². The fraction of sp³-hybridized carbons (Fsp3) is 1.00. The van der Waals surface area contributed by atoms with Crippen LogP contribution in [0.2, 0.25) is 0 Å². The van der Waals surface area contributed by atoms with Crippen LogP contribution in [0.5, 0.6) is 0 Å². The number of halogens is 13. The summed E-state index contributed by atoms with van der Waals surface area (Å²) < 4.78 is 134. The molecule has 0 radical (unpaired) electrons. The predicted molar refractivity (Wildman–Crippen MR) is 41.3 cm³/mol. The van der Waals surface area contributed by atoms with E-state index in [0.29, 0.717) is 0 Å². The molecule has 0 aromatic rings. The molecule has 0 saturated heterocycles. The third-order valence-corrected chi connectivity index (χ3v) is 2.39. The van der Waals surface area contributed by atoms with Gasteiger partial charge in [-0.05, 0) is 0 Å². The normalized spacial score (nSPS) is 16.1. The molecule has 0 spiro atoms. The van der Waals surface area contributed by atoms with Gasteiger partial charge in [0.1, 0.15) is 0 Å². The highest BCUT2D eigenvalue weighted by Crippen LogP contribution is 2.58. The van der Waals surface area contributed by atoms with Crippen molar-refractivity contribution in [3.63, 3.8) is 0 Å². The predicted octanol–water partition coefficient (Wildman–Crippen LogP) is 4.89. The lowest BCUT2D eigenvalue weighted by Gasteiger charge is -2.37. The van der Waals surface area contributed by atoms with Crippen LogP contribution in [0.15, 0.2) is 0 Å². The number of hydrogen-bond donors (Lipinski definition) is 0. The van der Waals surface area contributed by atoms with Crippen LogP contribution in [0.1, 0.15) is 0 Å². The SMILES string of the molecule is FC(F)(F)C(F)(F)C(F)(F)C(F)(F)C(F)(F)C(Cl)Cl. The van der Waals surface area contributed by atoms with Gasteiger partial charge in [0.2, 0.25) is 0 Å². The first kappa shape index (κ1) is 18.8. The molecule has 0 aromatic heterocycles. The molecule has 0 heterocycles. The smallest absolute Gasteiger partial charge is 0.196 e. The highest BCUT2D eigenvalue weighted by molar-refractivity contribution is 6.45. The van der Waals surface area contributed by atoms with E-state index in [0.717, 1.165) is 0 Å². The van der Waals surface area contributed by atoms with Gasteiger partial charge in [-0.1, -0.05) is 23.2 Å². The van der Waals surface area contributed by atoms with Gasteiger partial charge >= 0.3 is 29.9 Å². The van der Waals surface area contributed by atoms with Gasteiger partial charge in [-0.15, -0.1) is 0 Å². The van der Waals surface area contributed by atoms with Crippen LogP contribution in [0.4, 0.5) is 48.3 Å². The van der Waals surface area contributed by atoms with Crippen molar-refractivity contribution in [3.8, 4) is 0 Å². The van der Waals surface area contributed by atoms with E-state index < -0.39 is 34.7 Å². The van der Waals surface area contributed by atoms with Crippen molar-refractivity contribution < 1.29 is 48.3 Å². The second-order valence-electron chi connectivity index (χ2n) is 3.14. The van der Waals surface area contributed by atoms with Gasteiger partial charge in [0.15, 0.2) is 4.84 Å². The molecule has 0 aromatic carbocycles. The summed E-state index contributed by atoms with van der Waals surface area (Å²) in [6, 6.07) is 0. The lowest BCUT2D eigenvalue weighted by molar-refractivity contribution is -0.420. The van der Waals surface area contributed by atoms with Crippen molar-refractivity contribution in [2.24, 2.45) is 0 Å². The van der Waals surface area contributed by atoms with E-state index >= 15 is 0 Å². The zero-order valence-corrected chi connectivity index (χ0v) is 9.50. The average Bonchev–Trinajstić information content (AvgIpc) is 2.14. The lowest BCUT2D eigenvalue weighted by Crippen LogP contribution is -2.67. The Balaban J connectivity index is 5.92. The molecular formula is C6HCl2F11. The van der Waals surface area contributed by atoms with E-state index in [4.69, 9.17) is 0 Å². The Bertz CT molecular complexity index is 331. The molecule has 0 amide bonds. The quantitative estimate of drug-likeness (QED) is 0.499. The van der Waals surface area contributed by atoms with Crippen LogP contribution in [0.25, 0.3) is 0 Å². The maximum Gasteiger partial charge on any atom is 0.460 e. The summed E-state index contributed by atoms with van der Waals surface area (Å²) in [6.07, 6.45) is -7.19. The van der Waals surface area contributed by atoms with Crippen LogP contribution in [0, 0.1) is 0 Å². The Kier molecular flexibility index (Phi) is 4.63. The van der Waals surface area contributed by atoms with Gasteiger partial charge in [0, 0.05) is 0 Å². The maximum absolute atomic E-state index is 12.6. The average molecular weight is 353 g/mol. The third-order valence-electron chi connectivity index (χ3n) is 1.84. The fourth-order valence-electron chi connectivity index (χ4n) is 0.722. The van der Waals surface area contributed by atoms with Crippen molar-refractivity contribution in [3.05, 3.63) is 0 Å². The van der Waals surface area contributed by atoms with Crippen molar-refractivity contribution >= 4 is 23.2 Å².